The number of rotatable bonds is 24. The fourth-order valence-corrected chi connectivity index (χ4v) is 10.9. The number of fused-ring (bicyclic) bond motifs is 1. The fourth-order valence-electron chi connectivity index (χ4n) is 6.29. The molecule has 3 saturated heterocycles. The monoisotopic (exact) mass is 935 g/mol. The SMILES string of the molecule is O=C(/C=C/n1cc([C@@H]2O[C@H](COP(=O)(O)OP(=O)(O)OP(=O)(O)O)[C@@H](O)[C@H]2O)c(=O)[nH]c1=O)NCCNC(=O)CCCCCNC(=O)CCCC[C@@H]1SC[C@@H]2NC(=O)N[C@@H]21. The molecule has 0 bridgehead atoms. The average molecular weight is 936 g/mol. The van der Waals surface area contributed by atoms with Crippen molar-refractivity contribution in [2.24, 2.45) is 0 Å². The maximum absolute atomic E-state index is 12.6. The molecule has 0 radical (unpaired) electrons. The molecule has 1 aromatic rings. The third-order valence-corrected chi connectivity index (χ3v) is 14.4. The van der Waals surface area contributed by atoms with Gasteiger partial charge in [0.1, 0.15) is 24.4 Å². The molecule has 30 heteroatoms. The lowest BCUT2D eigenvalue weighted by Gasteiger charge is -2.19. The summed E-state index contributed by atoms with van der Waals surface area (Å²) >= 11 is 1.84. The van der Waals surface area contributed by atoms with Crippen LogP contribution in [-0.2, 0) is 46.0 Å². The number of amides is 5. The van der Waals surface area contributed by atoms with Crippen molar-refractivity contribution < 1.29 is 80.5 Å². The standard InChI is InChI=1S/C30H48N7O19P3S/c38-21(8-4-3-6-20-24-18(16-60-20)34-29(44)35-24)31-10-5-1-2-7-22(39)32-11-12-33-23(40)9-13-37-14-17(28(43)36-30(37)45)27-26(42)25(41)19(54-27)15-53-58(49,50)56-59(51,52)55-57(46,47)48/h9,13-14,18-20,24-27,41-42H,1-8,10-12,15-16H2,(H,31,38)(H,32,39)(H,33,40)(H,49,50)(H,51,52)(H2,34,35,44)(H,36,43,45)(H2,46,47,48)/b13-9+/t18-,19+,20-,24-,25+,26+,27-/m0/s1. The van der Waals surface area contributed by atoms with Crippen molar-refractivity contribution in [2.45, 2.75) is 93.1 Å². The van der Waals surface area contributed by atoms with Gasteiger partial charge in [0.05, 0.1) is 24.3 Å². The Hall–Kier alpha value is -3.26. The van der Waals surface area contributed by atoms with Crippen molar-refractivity contribution in [3.63, 3.8) is 0 Å². The first kappa shape index (κ1) is 49.4. The lowest BCUT2D eigenvalue weighted by molar-refractivity contribution is -0.122. The molecule has 3 fully saturated rings. The summed E-state index contributed by atoms with van der Waals surface area (Å²) in [6, 6.07) is 0.217. The van der Waals surface area contributed by atoms with Crippen molar-refractivity contribution in [3.8, 4) is 0 Å². The summed E-state index contributed by atoms with van der Waals surface area (Å²) in [6.07, 6.45) is 0.737. The third kappa shape index (κ3) is 15.9. The predicted octanol–water partition coefficient (Wildman–Crippen LogP) is -1.85. The number of aromatic amines is 1. The Morgan fingerprint density at radius 3 is 2.23 bits per heavy atom. The van der Waals surface area contributed by atoms with Gasteiger partial charge in [-0.25, -0.2) is 23.3 Å². The van der Waals surface area contributed by atoms with Gasteiger partial charge in [-0.3, -0.25) is 33.3 Å². The number of carbonyl (C=O) groups is 4. The van der Waals surface area contributed by atoms with E-state index in [0.29, 0.717) is 37.5 Å². The van der Waals surface area contributed by atoms with E-state index in [1.807, 2.05) is 16.7 Å². The van der Waals surface area contributed by atoms with Gasteiger partial charge in [-0.15, -0.1) is 0 Å². The number of phosphoric ester groups is 1. The highest BCUT2D eigenvalue weighted by Gasteiger charge is 2.47. The lowest BCUT2D eigenvalue weighted by Crippen LogP contribution is -2.36. The average Bonchev–Trinajstić information content (AvgIpc) is 3.78. The Labute approximate surface area is 345 Å². The minimum Gasteiger partial charge on any atom is -0.387 e. The van der Waals surface area contributed by atoms with E-state index in [9.17, 15) is 62.5 Å². The topological polar surface area (TPSA) is 393 Å². The normalized spacial score (nSPS) is 25.8. The number of phosphoric acid groups is 3. The Morgan fingerprint density at radius 2 is 1.53 bits per heavy atom. The molecule has 338 valence electrons. The number of hydrogen-bond acceptors (Lipinski definition) is 16. The van der Waals surface area contributed by atoms with Crippen LogP contribution in [0.1, 0.15) is 63.0 Å². The van der Waals surface area contributed by atoms with Gasteiger partial charge in [0.25, 0.3) is 5.56 Å². The largest absolute Gasteiger partial charge is 0.490 e. The van der Waals surface area contributed by atoms with Crippen LogP contribution in [0.25, 0.3) is 6.20 Å². The van der Waals surface area contributed by atoms with Gasteiger partial charge in [-0.2, -0.15) is 20.4 Å². The number of aliphatic hydroxyl groups excluding tert-OH is 2. The van der Waals surface area contributed by atoms with Crippen LogP contribution in [0.4, 0.5) is 4.79 Å². The molecule has 4 rings (SSSR count). The number of aromatic nitrogens is 2. The Bertz CT molecular complexity index is 2000. The highest BCUT2D eigenvalue weighted by molar-refractivity contribution is 8.00. The molecule has 12 N–H and O–H groups in total. The molecule has 3 aliphatic rings. The number of urea groups is 1. The van der Waals surface area contributed by atoms with Crippen LogP contribution >= 0.6 is 35.2 Å². The minimum absolute atomic E-state index is 0.0168. The van der Waals surface area contributed by atoms with Crippen molar-refractivity contribution >= 4 is 65.2 Å². The number of unbranched alkanes of at least 4 members (excludes halogenated alkanes) is 3. The summed E-state index contributed by atoms with van der Waals surface area (Å²) in [5, 5.41) is 35.1. The second kappa shape index (κ2) is 22.2. The van der Waals surface area contributed by atoms with E-state index in [0.717, 1.165) is 48.1 Å². The zero-order chi connectivity index (χ0) is 44.3. The van der Waals surface area contributed by atoms with Gasteiger partial charge in [0.2, 0.25) is 17.7 Å². The van der Waals surface area contributed by atoms with E-state index in [1.54, 1.807) is 0 Å². The Kier molecular flexibility index (Phi) is 18.3. The second-order valence-corrected chi connectivity index (χ2v) is 19.4. The molecule has 2 unspecified atom stereocenters. The van der Waals surface area contributed by atoms with E-state index >= 15 is 0 Å². The van der Waals surface area contributed by atoms with Crippen LogP contribution in [0.3, 0.4) is 0 Å². The third-order valence-electron chi connectivity index (χ3n) is 9.10. The van der Waals surface area contributed by atoms with E-state index in [4.69, 9.17) is 14.5 Å². The Morgan fingerprint density at radius 1 is 0.867 bits per heavy atom. The highest BCUT2D eigenvalue weighted by atomic mass is 32.2. The highest BCUT2D eigenvalue weighted by Crippen LogP contribution is 2.66. The molecule has 0 aliphatic carbocycles. The second-order valence-electron chi connectivity index (χ2n) is 13.7. The Balaban J connectivity index is 1.09. The smallest absolute Gasteiger partial charge is 0.387 e. The maximum atomic E-state index is 12.6. The first-order valence-corrected chi connectivity index (χ1v) is 24.0. The quantitative estimate of drug-likeness (QED) is 0.0234. The molecule has 0 spiro atoms. The molecule has 60 heavy (non-hydrogen) atoms. The number of hydrogen-bond donors (Lipinski definition) is 12. The number of thioether (sulfide) groups is 1. The molecule has 9 atom stereocenters. The molecule has 5 amide bonds. The van der Waals surface area contributed by atoms with Crippen LogP contribution in [0.5, 0.6) is 0 Å². The summed E-state index contributed by atoms with van der Waals surface area (Å²) in [7, 11) is -17.1. The number of nitrogens with one attached hydrogen (secondary N) is 6. The lowest BCUT2D eigenvalue weighted by atomic mass is 10.0. The van der Waals surface area contributed by atoms with Gasteiger partial charge in [-0.1, -0.05) is 12.8 Å². The first-order valence-electron chi connectivity index (χ1n) is 18.5. The first-order chi connectivity index (χ1) is 28.1. The van der Waals surface area contributed by atoms with Gasteiger partial charge in [0.15, 0.2) is 0 Å². The molecule has 0 aromatic carbocycles. The van der Waals surface area contributed by atoms with E-state index in [-0.39, 0.29) is 49.4 Å². The molecular weight excluding hydrogens is 887 g/mol. The number of carbonyl (C=O) groups excluding carboxylic acids is 4. The van der Waals surface area contributed by atoms with Gasteiger partial charge < -0.3 is 61.1 Å². The van der Waals surface area contributed by atoms with Gasteiger partial charge in [-0.05, 0) is 25.7 Å². The predicted molar refractivity (Wildman–Crippen MR) is 208 cm³/mol. The van der Waals surface area contributed by atoms with Crippen LogP contribution in [-0.4, -0.2) is 131 Å². The molecule has 1 aromatic heterocycles. The van der Waals surface area contributed by atoms with E-state index in [2.05, 4.69) is 39.7 Å². The van der Waals surface area contributed by atoms with Crippen LogP contribution in [0, 0.1) is 0 Å². The molecule has 0 saturated carbocycles. The van der Waals surface area contributed by atoms with Gasteiger partial charge in [0, 0.05) is 62.0 Å². The summed E-state index contributed by atoms with van der Waals surface area (Å²) in [4.78, 5) is 111. The molecular formula is C30H48N7O19P3S. The summed E-state index contributed by atoms with van der Waals surface area (Å²) in [5.41, 5.74) is -2.57. The number of H-pyrrole nitrogens is 1. The summed E-state index contributed by atoms with van der Waals surface area (Å²) in [5.74, 6) is -0.0705. The van der Waals surface area contributed by atoms with Crippen LogP contribution in [0.15, 0.2) is 21.9 Å². The van der Waals surface area contributed by atoms with Crippen molar-refractivity contribution in [3.05, 3.63) is 38.7 Å². The van der Waals surface area contributed by atoms with Crippen molar-refractivity contribution in [1.82, 2.24) is 36.1 Å². The summed E-state index contributed by atoms with van der Waals surface area (Å²) in [6.45, 7) is -0.544. The molecule has 26 nitrogen and oxygen atoms in total. The van der Waals surface area contributed by atoms with Crippen molar-refractivity contribution in [2.75, 3.05) is 32.0 Å². The number of nitrogens with zero attached hydrogens (tertiary/aromatic N) is 1. The van der Waals surface area contributed by atoms with E-state index in [1.165, 1.54) is 0 Å². The minimum atomic E-state index is -5.84. The maximum Gasteiger partial charge on any atom is 0.490 e. The van der Waals surface area contributed by atoms with Crippen LogP contribution in [0.2, 0.25) is 0 Å². The zero-order valence-corrected chi connectivity index (χ0v) is 35.2. The number of aliphatic hydroxyl groups is 2. The molecule has 4 heterocycles. The van der Waals surface area contributed by atoms with E-state index < -0.39 is 77.2 Å². The zero-order valence-electron chi connectivity index (χ0n) is 31.7. The fraction of sp³-hybridized carbons (Fsp3) is 0.667. The van der Waals surface area contributed by atoms with Gasteiger partial charge >= 0.3 is 35.2 Å². The van der Waals surface area contributed by atoms with Crippen molar-refractivity contribution in [1.29, 1.82) is 0 Å². The molecule has 3 aliphatic heterocycles. The van der Waals surface area contributed by atoms with Crippen LogP contribution < -0.4 is 37.8 Å². The number of ether oxygens (including phenoxy) is 1. The summed E-state index contributed by atoms with van der Waals surface area (Å²) < 4.78 is 52.0.